The van der Waals surface area contributed by atoms with Gasteiger partial charge < -0.3 is 14.9 Å². The van der Waals surface area contributed by atoms with Gasteiger partial charge in [0.05, 0.1) is 24.3 Å². The molecule has 3 aromatic carbocycles. The molecule has 0 unspecified atom stereocenters. The summed E-state index contributed by atoms with van der Waals surface area (Å²) in [6.45, 7) is 0. The van der Waals surface area contributed by atoms with E-state index in [-0.39, 0.29) is 16.8 Å². The SMILES string of the molecule is COc1cccc([C@H]2C(C(=O)/C=C/c3ccccc3)=C(O)C(=O)N2c2cccc(C(=O)O)c2)c1. The van der Waals surface area contributed by atoms with Gasteiger partial charge >= 0.3 is 5.97 Å². The molecule has 0 fully saturated rings. The predicted octanol–water partition coefficient (Wildman–Crippen LogP) is 4.58. The first kappa shape index (κ1) is 22.5. The van der Waals surface area contributed by atoms with Crippen molar-refractivity contribution in [1.82, 2.24) is 0 Å². The molecule has 0 saturated carbocycles. The topological polar surface area (TPSA) is 104 Å². The first-order chi connectivity index (χ1) is 16.4. The third-order valence-electron chi connectivity index (χ3n) is 5.48. The summed E-state index contributed by atoms with van der Waals surface area (Å²) in [5.74, 6) is -2.68. The van der Waals surface area contributed by atoms with Crippen molar-refractivity contribution in [3.63, 3.8) is 0 Å². The zero-order chi connectivity index (χ0) is 24.2. The summed E-state index contributed by atoms with van der Waals surface area (Å²) in [6.07, 6.45) is 2.90. The molecule has 0 saturated heterocycles. The van der Waals surface area contributed by atoms with Crippen LogP contribution in [0.5, 0.6) is 5.75 Å². The Morgan fingerprint density at radius 3 is 2.41 bits per heavy atom. The Kier molecular flexibility index (Phi) is 6.27. The second kappa shape index (κ2) is 9.46. The van der Waals surface area contributed by atoms with Gasteiger partial charge in [-0.15, -0.1) is 0 Å². The molecule has 1 aliphatic heterocycles. The van der Waals surface area contributed by atoms with Crippen molar-refractivity contribution in [3.05, 3.63) is 113 Å². The average molecular weight is 455 g/mol. The summed E-state index contributed by atoms with van der Waals surface area (Å²) in [4.78, 5) is 39.2. The fourth-order valence-electron chi connectivity index (χ4n) is 3.86. The maximum Gasteiger partial charge on any atom is 0.335 e. The van der Waals surface area contributed by atoms with Crippen LogP contribution in [-0.2, 0) is 9.59 Å². The van der Waals surface area contributed by atoms with Crippen LogP contribution >= 0.6 is 0 Å². The van der Waals surface area contributed by atoms with Crippen LogP contribution in [0.25, 0.3) is 6.08 Å². The second-order valence-electron chi connectivity index (χ2n) is 7.58. The molecule has 170 valence electrons. The number of anilines is 1. The number of aliphatic hydroxyl groups excluding tert-OH is 1. The number of amides is 1. The van der Waals surface area contributed by atoms with Crippen LogP contribution in [0.2, 0.25) is 0 Å². The highest BCUT2D eigenvalue weighted by Crippen LogP contribution is 2.42. The third-order valence-corrected chi connectivity index (χ3v) is 5.48. The van der Waals surface area contributed by atoms with Crippen molar-refractivity contribution >= 4 is 29.4 Å². The minimum atomic E-state index is -1.16. The monoisotopic (exact) mass is 455 g/mol. The zero-order valence-corrected chi connectivity index (χ0v) is 18.2. The maximum absolute atomic E-state index is 13.3. The molecule has 0 radical (unpaired) electrons. The van der Waals surface area contributed by atoms with Gasteiger partial charge in [0.25, 0.3) is 5.91 Å². The minimum Gasteiger partial charge on any atom is -0.503 e. The van der Waals surface area contributed by atoms with Gasteiger partial charge in [0.15, 0.2) is 11.5 Å². The second-order valence-corrected chi connectivity index (χ2v) is 7.58. The van der Waals surface area contributed by atoms with Gasteiger partial charge in [0.1, 0.15) is 5.75 Å². The summed E-state index contributed by atoms with van der Waals surface area (Å²) >= 11 is 0. The van der Waals surface area contributed by atoms with E-state index in [9.17, 15) is 24.6 Å². The number of benzene rings is 3. The number of nitrogens with zero attached hydrogens (tertiary/aromatic N) is 1. The van der Waals surface area contributed by atoms with Crippen LogP contribution in [0.1, 0.15) is 27.5 Å². The molecular weight excluding hydrogens is 434 g/mol. The highest BCUT2D eigenvalue weighted by molar-refractivity contribution is 6.20. The van der Waals surface area contributed by atoms with E-state index in [0.29, 0.717) is 11.3 Å². The zero-order valence-electron chi connectivity index (χ0n) is 18.2. The first-order valence-electron chi connectivity index (χ1n) is 10.4. The van der Waals surface area contributed by atoms with E-state index in [1.165, 1.54) is 36.3 Å². The summed E-state index contributed by atoms with van der Waals surface area (Å²) in [7, 11) is 1.50. The van der Waals surface area contributed by atoms with Gasteiger partial charge in [0.2, 0.25) is 0 Å². The lowest BCUT2D eigenvalue weighted by molar-refractivity contribution is -0.117. The molecular formula is C27H21NO6. The quantitative estimate of drug-likeness (QED) is 0.506. The van der Waals surface area contributed by atoms with Crippen molar-refractivity contribution in [2.45, 2.75) is 6.04 Å². The Hall–Kier alpha value is -4.65. The average Bonchev–Trinajstić information content (AvgIpc) is 3.13. The summed E-state index contributed by atoms with van der Waals surface area (Å²) < 4.78 is 5.30. The van der Waals surface area contributed by atoms with E-state index in [1.54, 1.807) is 36.4 Å². The number of rotatable bonds is 7. The minimum absolute atomic E-state index is 0.0297. The van der Waals surface area contributed by atoms with Crippen LogP contribution in [0.15, 0.2) is 96.3 Å². The number of hydrogen-bond donors (Lipinski definition) is 2. The first-order valence-corrected chi connectivity index (χ1v) is 10.4. The van der Waals surface area contributed by atoms with Gasteiger partial charge in [-0.1, -0.05) is 54.6 Å². The van der Waals surface area contributed by atoms with E-state index in [4.69, 9.17) is 4.74 Å². The van der Waals surface area contributed by atoms with E-state index in [1.807, 2.05) is 30.3 Å². The van der Waals surface area contributed by atoms with Crippen LogP contribution < -0.4 is 9.64 Å². The molecule has 7 nitrogen and oxygen atoms in total. The molecule has 0 bridgehead atoms. The number of carboxylic acid groups (broad SMARTS) is 1. The van der Waals surface area contributed by atoms with Gasteiger partial charge in [-0.3, -0.25) is 14.5 Å². The van der Waals surface area contributed by atoms with Gasteiger partial charge in [-0.25, -0.2) is 4.79 Å². The lowest BCUT2D eigenvalue weighted by atomic mass is 9.95. The van der Waals surface area contributed by atoms with Crippen LogP contribution in [-0.4, -0.2) is 35.0 Å². The Balaban J connectivity index is 1.83. The smallest absolute Gasteiger partial charge is 0.335 e. The summed E-state index contributed by atoms with van der Waals surface area (Å²) in [5.41, 5.74) is 1.40. The Morgan fingerprint density at radius 1 is 0.971 bits per heavy atom. The number of carbonyl (C=O) groups excluding carboxylic acids is 2. The molecule has 0 spiro atoms. The van der Waals surface area contributed by atoms with Crippen molar-refractivity contribution < 1.29 is 29.3 Å². The molecule has 4 rings (SSSR count). The van der Waals surface area contributed by atoms with Crippen LogP contribution in [0.4, 0.5) is 5.69 Å². The number of carboxylic acids is 1. The van der Waals surface area contributed by atoms with E-state index in [0.717, 1.165) is 5.56 Å². The molecule has 1 heterocycles. The Bertz CT molecular complexity index is 1330. The fraction of sp³-hybridized carbons (Fsp3) is 0.0741. The number of methoxy groups -OCH3 is 1. The predicted molar refractivity (Wildman–Crippen MR) is 127 cm³/mol. The molecule has 1 amide bonds. The number of ketones is 1. The molecule has 7 heteroatoms. The van der Waals surface area contributed by atoms with Crippen LogP contribution in [0, 0.1) is 0 Å². The number of aliphatic hydroxyl groups is 1. The Labute approximate surface area is 195 Å². The third kappa shape index (κ3) is 4.31. The lowest BCUT2D eigenvalue weighted by Crippen LogP contribution is -2.31. The number of ether oxygens (including phenoxy) is 1. The van der Waals surface area contributed by atoms with Gasteiger partial charge in [-0.2, -0.15) is 0 Å². The van der Waals surface area contributed by atoms with Crippen molar-refractivity contribution in [1.29, 1.82) is 0 Å². The number of hydrogen-bond acceptors (Lipinski definition) is 5. The van der Waals surface area contributed by atoms with E-state index in [2.05, 4.69) is 0 Å². The van der Waals surface area contributed by atoms with E-state index < -0.39 is 29.5 Å². The van der Waals surface area contributed by atoms with Crippen molar-refractivity contribution in [2.24, 2.45) is 0 Å². The highest BCUT2D eigenvalue weighted by atomic mass is 16.5. The summed E-state index contributed by atoms with van der Waals surface area (Å²) in [6, 6.07) is 20.7. The number of aromatic carboxylic acids is 1. The molecule has 2 N–H and O–H groups in total. The summed E-state index contributed by atoms with van der Waals surface area (Å²) in [5, 5.41) is 20.2. The molecule has 0 aliphatic carbocycles. The van der Waals surface area contributed by atoms with Crippen molar-refractivity contribution in [2.75, 3.05) is 12.0 Å². The largest absolute Gasteiger partial charge is 0.503 e. The Morgan fingerprint density at radius 2 is 1.71 bits per heavy atom. The van der Waals surface area contributed by atoms with E-state index >= 15 is 0 Å². The highest BCUT2D eigenvalue weighted by Gasteiger charge is 2.44. The standard InChI is InChI=1S/C27H21NO6/c1-34-21-12-6-9-18(16-21)24-23(22(29)14-13-17-7-3-2-4-8-17)25(30)26(31)28(24)20-11-5-10-19(15-20)27(32)33/h2-16,24,30H,1H3,(H,32,33)/b14-13+/t24-/m0/s1. The molecule has 1 aliphatic rings. The molecule has 0 aromatic heterocycles. The lowest BCUT2D eigenvalue weighted by Gasteiger charge is -2.27. The molecule has 1 atom stereocenters. The fourth-order valence-corrected chi connectivity index (χ4v) is 3.86. The van der Waals surface area contributed by atoms with Crippen molar-refractivity contribution in [3.8, 4) is 5.75 Å². The van der Waals surface area contributed by atoms with Crippen LogP contribution in [0.3, 0.4) is 0 Å². The molecule has 3 aromatic rings. The van der Waals surface area contributed by atoms with Gasteiger partial charge in [-0.05, 0) is 47.5 Å². The number of allylic oxidation sites excluding steroid dienone is 1. The maximum atomic E-state index is 13.3. The number of carbonyl (C=O) groups is 3. The molecule has 34 heavy (non-hydrogen) atoms. The van der Waals surface area contributed by atoms with Gasteiger partial charge in [0, 0.05) is 5.69 Å². The normalized spacial score (nSPS) is 15.7.